The second-order valence-corrected chi connectivity index (χ2v) is 6.34. The van der Waals surface area contributed by atoms with Gasteiger partial charge in [0.25, 0.3) is 0 Å². The van der Waals surface area contributed by atoms with Crippen LogP contribution in [0.15, 0.2) is 24.4 Å². The first kappa shape index (κ1) is 15.0. The van der Waals surface area contributed by atoms with E-state index in [4.69, 9.17) is 15.2 Å². The Labute approximate surface area is 139 Å². The summed E-state index contributed by atoms with van der Waals surface area (Å²) in [7, 11) is 0. The van der Waals surface area contributed by atoms with Gasteiger partial charge in [0, 0.05) is 17.5 Å². The summed E-state index contributed by atoms with van der Waals surface area (Å²) >= 11 is 0. The third-order valence-corrected chi connectivity index (χ3v) is 4.66. The third-order valence-electron chi connectivity index (χ3n) is 4.66. The molecule has 4 N–H and O–H groups in total. The molecule has 1 aliphatic carbocycles. The molecule has 4 rings (SSSR count). The van der Waals surface area contributed by atoms with Crippen molar-refractivity contribution in [3.05, 3.63) is 24.4 Å². The standard InChI is InChI=1S/C17H20N4O3/c18-12-3-1-2-11(6-12)17(22)20-16-13(8-19-21-16)10-4-5-14-15(7-10)24-9-23-14/h4-5,7-8,11-12H,1-3,6,9,18H2,(H2,19,20,21,22). The van der Waals surface area contributed by atoms with Crippen molar-refractivity contribution < 1.29 is 14.3 Å². The van der Waals surface area contributed by atoms with Gasteiger partial charge in [-0.05, 0) is 37.0 Å². The summed E-state index contributed by atoms with van der Waals surface area (Å²) in [5.41, 5.74) is 7.71. The van der Waals surface area contributed by atoms with Crippen LogP contribution in [0.2, 0.25) is 0 Å². The number of carbonyl (C=O) groups excluding carboxylic acids is 1. The molecule has 1 saturated carbocycles. The van der Waals surface area contributed by atoms with Gasteiger partial charge < -0.3 is 20.5 Å². The van der Waals surface area contributed by atoms with Gasteiger partial charge in [0.2, 0.25) is 12.7 Å². The van der Waals surface area contributed by atoms with E-state index in [1.165, 1.54) is 0 Å². The highest BCUT2D eigenvalue weighted by Gasteiger charge is 2.26. The number of benzene rings is 1. The molecule has 2 atom stereocenters. The maximum absolute atomic E-state index is 12.5. The number of aromatic amines is 1. The first-order chi connectivity index (χ1) is 11.7. The highest BCUT2D eigenvalue weighted by Crippen LogP contribution is 2.37. The molecule has 1 aromatic carbocycles. The van der Waals surface area contributed by atoms with Crippen LogP contribution in [0.1, 0.15) is 25.7 Å². The average Bonchev–Trinajstić information content (AvgIpc) is 3.22. The molecule has 1 amide bonds. The van der Waals surface area contributed by atoms with Gasteiger partial charge in [0.1, 0.15) is 5.82 Å². The van der Waals surface area contributed by atoms with Gasteiger partial charge in [0.05, 0.1) is 6.20 Å². The normalized spacial score (nSPS) is 22.4. The van der Waals surface area contributed by atoms with E-state index in [-0.39, 0.29) is 24.7 Å². The largest absolute Gasteiger partial charge is 0.454 e. The number of aromatic nitrogens is 2. The van der Waals surface area contributed by atoms with Crippen molar-refractivity contribution in [3.63, 3.8) is 0 Å². The Kier molecular flexibility index (Phi) is 3.86. The lowest BCUT2D eigenvalue weighted by molar-refractivity contribution is -0.120. The second-order valence-electron chi connectivity index (χ2n) is 6.34. The first-order valence-electron chi connectivity index (χ1n) is 8.20. The SMILES string of the molecule is NC1CCCC(C(=O)Nc2[nH]ncc2-c2ccc3c(c2)OCO3)C1. The highest BCUT2D eigenvalue weighted by atomic mass is 16.7. The summed E-state index contributed by atoms with van der Waals surface area (Å²) in [4.78, 5) is 12.5. The molecule has 2 aliphatic rings. The second kappa shape index (κ2) is 6.16. The van der Waals surface area contributed by atoms with Crippen molar-refractivity contribution >= 4 is 11.7 Å². The maximum Gasteiger partial charge on any atom is 0.231 e. The van der Waals surface area contributed by atoms with Crippen LogP contribution in [0, 0.1) is 5.92 Å². The van der Waals surface area contributed by atoms with Crippen LogP contribution in [0.5, 0.6) is 11.5 Å². The van der Waals surface area contributed by atoms with Crippen molar-refractivity contribution in [2.24, 2.45) is 11.7 Å². The summed E-state index contributed by atoms with van der Waals surface area (Å²) in [5, 5.41) is 9.90. The number of fused-ring (bicyclic) bond motifs is 1. The van der Waals surface area contributed by atoms with Crippen molar-refractivity contribution in [1.29, 1.82) is 0 Å². The third kappa shape index (κ3) is 2.82. The molecule has 2 aromatic rings. The zero-order valence-electron chi connectivity index (χ0n) is 13.2. The number of rotatable bonds is 3. The molecule has 1 fully saturated rings. The molecule has 0 radical (unpaired) electrons. The fourth-order valence-corrected chi connectivity index (χ4v) is 3.36. The molecule has 0 saturated heterocycles. The Morgan fingerprint density at radius 3 is 3.04 bits per heavy atom. The summed E-state index contributed by atoms with van der Waals surface area (Å²) in [6, 6.07) is 5.78. The van der Waals surface area contributed by atoms with Crippen molar-refractivity contribution in [1.82, 2.24) is 10.2 Å². The summed E-state index contributed by atoms with van der Waals surface area (Å²) < 4.78 is 10.7. The van der Waals surface area contributed by atoms with Crippen molar-refractivity contribution in [2.45, 2.75) is 31.7 Å². The zero-order chi connectivity index (χ0) is 16.5. The lowest BCUT2D eigenvalue weighted by Crippen LogP contribution is -2.34. The van der Waals surface area contributed by atoms with E-state index >= 15 is 0 Å². The van der Waals surface area contributed by atoms with Crippen LogP contribution in [0.25, 0.3) is 11.1 Å². The van der Waals surface area contributed by atoms with Crippen LogP contribution < -0.4 is 20.5 Å². The minimum atomic E-state index is -0.0401. The number of H-pyrrole nitrogens is 1. The molecule has 1 aliphatic heterocycles. The van der Waals surface area contributed by atoms with Crippen LogP contribution >= 0.6 is 0 Å². The molecule has 7 heteroatoms. The van der Waals surface area contributed by atoms with Gasteiger partial charge in [0.15, 0.2) is 11.5 Å². The van der Waals surface area contributed by atoms with Crippen molar-refractivity contribution in [3.8, 4) is 22.6 Å². The number of hydrogen-bond donors (Lipinski definition) is 3. The average molecular weight is 328 g/mol. The molecule has 0 spiro atoms. The molecule has 2 heterocycles. The number of nitrogens with one attached hydrogen (secondary N) is 2. The minimum absolute atomic E-state index is 0.00334. The van der Waals surface area contributed by atoms with Gasteiger partial charge in [-0.3, -0.25) is 9.89 Å². The molecule has 24 heavy (non-hydrogen) atoms. The minimum Gasteiger partial charge on any atom is -0.454 e. The Bertz CT molecular complexity index is 758. The number of ether oxygens (including phenoxy) is 2. The van der Waals surface area contributed by atoms with E-state index in [1.807, 2.05) is 18.2 Å². The number of anilines is 1. The Balaban J connectivity index is 1.53. The van der Waals surface area contributed by atoms with Crippen LogP contribution in [-0.2, 0) is 4.79 Å². The molecule has 2 unspecified atom stereocenters. The lowest BCUT2D eigenvalue weighted by atomic mass is 9.85. The molecular formula is C17H20N4O3. The lowest BCUT2D eigenvalue weighted by Gasteiger charge is -2.25. The maximum atomic E-state index is 12.5. The van der Waals surface area contributed by atoms with E-state index in [0.29, 0.717) is 11.6 Å². The smallest absolute Gasteiger partial charge is 0.231 e. The fourth-order valence-electron chi connectivity index (χ4n) is 3.36. The van der Waals surface area contributed by atoms with E-state index < -0.39 is 0 Å². The van der Waals surface area contributed by atoms with Crippen LogP contribution in [0.4, 0.5) is 5.82 Å². The van der Waals surface area contributed by atoms with Gasteiger partial charge in [-0.2, -0.15) is 5.10 Å². The van der Waals surface area contributed by atoms with Crippen LogP contribution in [0.3, 0.4) is 0 Å². The van der Waals surface area contributed by atoms with Gasteiger partial charge in [-0.25, -0.2) is 0 Å². The zero-order valence-corrected chi connectivity index (χ0v) is 13.2. The van der Waals surface area contributed by atoms with E-state index in [9.17, 15) is 4.79 Å². The Morgan fingerprint density at radius 1 is 1.29 bits per heavy atom. The predicted molar refractivity (Wildman–Crippen MR) is 88.7 cm³/mol. The number of nitrogens with zero attached hydrogens (tertiary/aromatic N) is 1. The van der Waals surface area contributed by atoms with E-state index in [2.05, 4.69) is 15.5 Å². The first-order valence-corrected chi connectivity index (χ1v) is 8.20. The Hall–Kier alpha value is -2.54. The summed E-state index contributed by atoms with van der Waals surface area (Å²) in [6.07, 6.45) is 5.31. The fraction of sp³-hybridized carbons (Fsp3) is 0.412. The van der Waals surface area contributed by atoms with Gasteiger partial charge in [-0.1, -0.05) is 12.5 Å². The molecule has 7 nitrogen and oxygen atoms in total. The topological polar surface area (TPSA) is 102 Å². The molecular weight excluding hydrogens is 308 g/mol. The van der Waals surface area contributed by atoms with E-state index in [0.717, 1.165) is 42.6 Å². The number of carbonyl (C=O) groups is 1. The Morgan fingerprint density at radius 2 is 2.17 bits per heavy atom. The van der Waals surface area contributed by atoms with Gasteiger partial charge in [-0.15, -0.1) is 0 Å². The van der Waals surface area contributed by atoms with Crippen molar-refractivity contribution in [2.75, 3.05) is 12.1 Å². The highest BCUT2D eigenvalue weighted by molar-refractivity contribution is 5.95. The molecule has 0 bridgehead atoms. The number of amides is 1. The summed E-state index contributed by atoms with van der Waals surface area (Å²) in [5.74, 6) is 1.98. The molecule has 126 valence electrons. The summed E-state index contributed by atoms with van der Waals surface area (Å²) in [6.45, 7) is 0.232. The van der Waals surface area contributed by atoms with Gasteiger partial charge >= 0.3 is 0 Å². The van der Waals surface area contributed by atoms with E-state index in [1.54, 1.807) is 6.20 Å². The predicted octanol–water partition coefficient (Wildman–Crippen LogP) is 2.26. The number of hydrogen-bond acceptors (Lipinski definition) is 5. The molecule has 1 aromatic heterocycles. The monoisotopic (exact) mass is 328 g/mol. The quantitative estimate of drug-likeness (QED) is 0.802. The van der Waals surface area contributed by atoms with Crippen LogP contribution in [-0.4, -0.2) is 28.9 Å². The number of nitrogens with two attached hydrogens (primary N) is 1.